The van der Waals surface area contributed by atoms with Crippen LogP contribution in [0.3, 0.4) is 0 Å². The van der Waals surface area contributed by atoms with Gasteiger partial charge in [-0.15, -0.1) is 0 Å². The highest BCUT2D eigenvalue weighted by atomic mass is 16.7. The van der Waals surface area contributed by atoms with Crippen molar-refractivity contribution < 1.29 is 69.4 Å². The van der Waals surface area contributed by atoms with Crippen LogP contribution in [0.1, 0.15) is 20.3 Å². The van der Waals surface area contributed by atoms with E-state index in [4.69, 9.17) is 19.3 Å². The Balaban J connectivity index is 2.25. The normalized spacial score (nSPS) is 39.3. The van der Waals surface area contributed by atoms with Crippen molar-refractivity contribution in [3.8, 4) is 0 Å². The maximum Gasteiger partial charge on any atom is 0.364 e. The Morgan fingerprint density at radius 3 is 2.11 bits per heavy atom. The van der Waals surface area contributed by atoms with Crippen molar-refractivity contribution in [1.29, 1.82) is 0 Å². The lowest BCUT2D eigenvalue weighted by Gasteiger charge is -2.47. The first-order chi connectivity index (χ1) is 16.2. The molecule has 2 aliphatic heterocycles. The molecule has 0 aliphatic carbocycles. The molecule has 11 unspecified atom stereocenters. The molecule has 0 spiro atoms. The summed E-state index contributed by atoms with van der Waals surface area (Å²) in [6.45, 7) is 0.409. The molecule has 35 heavy (non-hydrogen) atoms. The fourth-order valence-corrected chi connectivity index (χ4v) is 3.97. The van der Waals surface area contributed by atoms with Crippen molar-refractivity contribution in [3.05, 3.63) is 0 Å². The standard InChI is InChI=1S/C19H32N2O14/c1-6(23)20-11-8(25)3-19(18(31)32,35-16(11)13(27)9(26)4-22)33-5-10-14(28)15(29)12(17(30)34-10)21-7(2)24/h8-17,22,25-30H,3-5H2,1-2H3,(H,20,23)(H,21,24)(H,31,32). The Labute approximate surface area is 199 Å². The smallest absolute Gasteiger partial charge is 0.364 e. The molecule has 0 aromatic carbocycles. The summed E-state index contributed by atoms with van der Waals surface area (Å²) in [5.74, 6) is -5.80. The molecule has 11 atom stereocenters. The predicted octanol–water partition coefficient (Wildman–Crippen LogP) is -5.90. The van der Waals surface area contributed by atoms with Gasteiger partial charge in [-0.25, -0.2) is 4.79 Å². The number of ether oxygens (including phenoxy) is 3. The zero-order chi connectivity index (χ0) is 26.7. The molecule has 0 bridgehead atoms. The number of aliphatic hydroxyl groups is 7. The number of hydrogen-bond donors (Lipinski definition) is 10. The molecule has 202 valence electrons. The lowest BCUT2D eigenvalue weighted by Crippen LogP contribution is -2.68. The summed E-state index contributed by atoms with van der Waals surface area (Å²) in [5.41, 5.74) is 0. The third kappa shape index (κ3) is 6.62. The third-order valence-corrected chi connectivity index (χ3v) is 5.76. The van der Waals surface area contributed by atoms with E-state index in [1.807, 2.05) is 0 Å². The fraction of sp³-hybridized carbons (Fsp3) is 0.842. The molecule has 2 aliphatic rings. The van der Waals surface area contributed by atoms with Crippen LogP contribution in [0.2, 0.25) is 0 Å². The molecule has 16 nitrogen and oxygen atoms in total. The van der Waals surface area contributed by atoms with Crippen LogP contribution in [0.4, 0.5) is 0 Å². The van der Waals surface area contributed by atoms with Gasteiger partial charge in [0.15, 0.2) is 6.29 Å². The van der Waals surface area contributed by atoms with Crippen LogP contribution in [-0.4, -0.2) is 139 Å². The molecule has 0 radical (unpaired) electrons. The van der Waals surface area contributed by atoms with Gasteiger partial charge in [-0.2, -0.15) is 0 Å². The number of amides is 2. The Hall–Kier alpha value is -1.99. The molecule has 2 saturated heterocycles. The average Bonchev–Trinajstić information content (AvgIpc) is 2.78. The Bertz CT molecular complexity index is 770. The van der Waals surface area contributed by atoms with Crippen molar-refractivity contribution in [2.24, 2.45) is 0 Å². The molecule has 0 aromatic rings. The van der Waals surface area contributed by atoms with Crippen molar-refractivity contribution in [1.82, 2.24) is 10.6 Å². The van der Waals surface area contributed by atoms with Crippen molar-refractivity contribution >= 4 is 17.8 Å². The molecular weight excluding hydrogens is 480 g/mol. The van der Waals surface area contributed by atoms with Gasteiger partial charge in [0.25, 0.3) is 5.79 Å². The van der Waals surface area contributed by atoms with Crippen LogP contribution < -0.4 is 10.6 Å². The second-order valence-corrected chi connectivity index (χ2v) is 8.46. The highest BCUT2D eigenvalue weighted by Crippen LogP contribution is 2.34. The first kappa shape index (κ1) is 29.2. The van der Waals surface area contributed by atoms with Crippen LogP contribution >= 0.6 is 0 Å². The number of nitrogens with one attached hydrogen (secondary N) is 2. The summed E-state index contributed by atoms with van der Waals surface area (Å²) < 4.78 is 15.9. The van der Waals surface area contributed by atoms with E-state index >= 15 is 0 Å². The fourth-order valence-electron chi connectivity index (χ4n) is 3.97. The van der Waals surface area contributed by atoms with Crippen LogP contribution in [0.15, 0.2) is 0 Å². The number of hydrogen-bond acceptors (Lipinski definition) is 13. The minimum Gasteiger partial charge on any atom is -0.477 e. The number of rotatable bonds is 9. The van der Waals surface area contributed by atoms with Gasteiger partial charge in [0, 0.05) is 20.3 Å². The van der Waals surface area contributed by atoms with E-state index in [0.29, 0.717) is 0 Å². The van der Waals surface area contributed by atoms with Crippen LogP contribution in [0.5, 0.6) is 0 Å². The van der Waals surface area contributed by atoms with Crippen molar-refractivity contribution in [2.75, 3.05) is 13.2 Å². The average molecular weight is 512 g/mol. The maximum absolute atomic E-state index is 12.1. The maximum atomic E-state index is 12.1. The predicted molar refractivity (Wildman–Crippen MR) is 109 cm³/mol. The number of aliphatic hydroxyl groups excluding tert-OH is 7. The lowest BCUT2D eigenvalue weighted by atomic mass is 9.88. The van der Waals surface area contributed by atoms with Gasteiger partial charge < -0.3 is 65.7 Å². The highest BCUT2D eigenvalue weighted by molar-refractivity contribution is 5.76. The van der Waals surface area contributed by atoms with Crippen LogP contribution in [0.25, 0.3) is 0 Å². The molecule has 0 saturated carbocycles. The van der Waals surface area contributed by atoms with Crippen LogP contribution in [0, 0.1) is 0 Å². The largest absolute Gasteiger partial charge is 0.477 e. The zero-order valence-electron chi connectivity index (χ0n) is 18.9. The minimum absolute atomic E-state index is 0.628. The number of carbonyl (C=O) groups excluding carboxylic acids is 2. The minimum atomic E-state index is -2.71. The Morgan fingerprint density at radius 2 is 1.60 bits per heavy atom. The van der Waals surface area contributed by atoms with Gasteiger partial charge in [0.05, 0.1) is 25.4 Å². The third-order valence-electron chi connectivity index (χ3n) is 5.76. The number of carbonyl (C=O) groups is 3. The molecule has 2 rings (SSSR count). The summed E-state index contributed by atoms with van der Waals surface area (Å²) in [5, 5.41) is 84.9. The topological polar surface area (TPSA) is 265 Å². The SMILES string of the molecule is CC(=O)NC1C(O)OC(COC2(C(=O)O)CC(O)C(NC(C)=O)C(C(O)C(O)CO)O2)C(O)C1O. The molecule has 2 fully saturated rings. The van der Waals surface area contributed by atoms with E-state index in [9.17, 15) is 50.1 Å². The van der Waals surface area contributed by atoms with Gasteiger partial charge >= 0.3 is 5.97 Å². The van der Waals surface area contributed by atoms with Crippen molar-refractivity contribution in [3.63, 3.8) is 0 Å². The van der Waals surface area contributed by atoms with Gasteiger partial charge in [0.1, 0.15) is 42.7 Å². The van der Waals surface area contributed by atoms with E-state index in [2.05, 4.69) is 10.6 Å². The molecule has 0 aromatic heterocycles. The summed E-state index contributed by atoms with van der Waals surface area (Å²) in [4.78, 5) is 34.9. The molecule has 10 N–H and O–H groups in total. The first-order valence-electron chi connectivity index (χ1n) is 10.7. The summed E-state index contributed by atoms with van der Waals surface area (Å²) in [7, 11) is 0. The zero-order valence-corrected chi connectivity index (χ0v) is 18.9. The molecule has 2 heterocycles. The summed E-state index contributed by atoms with van der Waals surface area (Å²) in [6.07, 6.45) is -14.9. The van der Waals surface area contributed by atoms with E-state index in [1.165, 1.54) is 0 Å². The van der Waals surface area contributed by atoms with E-state index in [0.717, 1.165) is 13.8 Å². The number of aliphatic carboxylic acids is 1. The van der Waals surface area contributed by atoms with Crippen LogP contribution in [-0.2, 0) is 28.6 Å². The highest BCUT2D eigenvalue weighted by Gasteiger charge is 2.56. The monoisotopic (exact) mass is 512 g/mol. The van der Waals surface area contributed by atoms with Gasteiger partial charge in [-0.1, -0.05) is 0 Å². The quantitative estimate of drug-likeness (QED) is 0.138. The Kier molecular flexibility index (Phi) is 9.88. The van der Waals surface area contributed by atoms with E-state index < -0.39 is 104 Å². The van der Waals surface area contributed by atoms with Crippen molar-refractivity contribution in [2.45, 2.75) is 87.2 Å². The lowest BCUT2D eigenvalue weighted by molar-refractivity contribution is -0.328. The number of carboxylic acids is 1. The summed E-state index contributed by atoms with van der Waals surface area (Å²) in [6, 6.07) is -2.80. The van der Waals surface area contributed by atoms with Gasteiger partial charge in [-0.3, -0.25) is 9.59 Å². The van der Waals surface area contributed by atoms with Gasteiger partial charge in [-0.05, 0) is 0 Å². The van der Waals surface area contributed by atoms with E-state index in [-0.39, 0.29) is 0 Å². The van der Waals surface area contributed by atoms with E-state index in [1.54, 1.807) is 0 Å². The second-order valence-electron chi connectivity index (χ2n) is 8.46. The number of carboxylic acid groups (broad SMARTS) is 1. The molecule has 2 amide bonds. The first-order valence-corrected chi connectivity index (χ1v) is 10.7. The van der Waals surface area contributed by atoms with Gasteiger partial charge in [0.2, 0.25) is 11.8 Å². The molecule has 16 heteroatoms. The summed E-state index contributed by atoms with van der Waals surface area (Å²) >= 11 is 0. The molecular formula is C19H32N2O14. The second kappa shape index (κ2) is 11.8. The Morgan fingerprint density at radius 1 is 1.03 bits per heavy atom.